The number of benzene rings is 4. The number of aliphatic hydroxyl groups is 2. The lowest BCUT2D eigenvalue weighted by Crippen LogP contribution is -2.56. The molecule has 0 atom stereocenters. The summed E-state index contributed by atoms with van der Waals surface area (Å²) >= 11 is 0. The van der Waals surface area contributed by atoms with Gasteiger partial charge in [0.25, 0.3) is 40.5 Å². The van der Waals surface area contributed by atoms with E-state index >= 15 is 0 Å². The molecule has 84 heavy (non-hydrogen) atoms. The normalized spacial score (nSPS) is 19.1. The fourth-order valence-electron chi connectivity index (χ4n) is 12.0. The van der Waals surface area contributed by atoms with E-state index in [1.807, 2.05) is 12.1 Å². The smallest absolute Gasteiger partial charge is 0.267 e. The van der Waals surface area contributed by atoms with Crippen molar-refractivity contribution in [2.45, 2.75) is 217 Å². The first-order valence-corrected chi connectivity index (χ1v) is 37.6. The Kier molecular flexibility index (Phi) is 25.3. The van der Waals surface area contributed by atoms with E-state index < -0.39 is 102 Å². The summed E-state index contributed by atoms with van der Waals surface area (Å²) in [6.07, 6.45) is 19.0. The van der Waals surface area contributed by atoms with Crippen LogP contribution in [0, 0.1) is 0 Å². The van der Waals surface area contributed by atoms with Crippen molar-refractivity contribution in [3.05, 3.63) is 71.8 Å². The van der Waals surface area contributed by atoms with Crippen molar-refractivity contribution in [3.8, 4) is 0 Å². The van der Waals surface area contributed by atoms with Gasteiger partial charge >= 0.3 is 0 Å². The Morgan fingerprint density at radius 1 is 0.357 bits per heavy atom. The zero-order chi connectivity index (χ0) is 60.4. The van der Waals surface area contributed by atoms with Crippen LogP contribution in [0.3, 0.4) is 0 Å². The Labute approximate surface area is 502 Å². The Hall–Kier alpha value is -3.84. The number of hydrogen-bond donors (Lipinski definition) is 6. The number of aliphatic hydroxyl groups excluding tert-OH is 2. The van der Waals surface area contributed by atoms with Crippen LogP contribution in [0.2, 0.25) is 0 Å². The van der Waals surface area contributed by atoms with Gasteiger partial charge in [0.05, 0.1) is 35.2 Å². The third-order valence-electron chi connectivity index (χ3n) is 16.8. The maximum Gasteiger partial charge on any atom is 0.267 e. The van der Waals surface area contributed by atoms with Crippen molar-refractivity contribution in [3.63, 3.8) is 0 Å². The molecule has 1 aliphatic carbocycles. The zero-order valence-electron chi connectivity index (χ0n) is 50.1. The summed E-state index contributed by atoms with van der Waals surface area (Å²) < 4.78 is 130. The third-order valence-corrected chi connectivity index (χ3v) is 21.8. The first kappa shape index (κ1) is 67.7. The molecule has 7 rings (SSSR count). The minimum atomic E-state index is -4.02. The summed E-state index contributed by atoms with van der Waals surface area (Å²) in [5, 5.41) is 40.8. The highest BCUT2D eigenvalue weighted by molar-refractivity contribution is 7.87. The molecular weight excluding hydrogens is 1150 g/mol. The summed E-state index contributed by atoms with van der Waals surface area (Å²) in [5.74, 6) is -2.24. The van der Waals surface area contributed by atoms with E-state index in [1.165, 1.54) is 0 Å². The standard InChI is InChI=1S/C62H96N4O14S4/c1-5-9-13-17-21-25-39-81(69,70)77-43-61(44-78-82(71,72)40-26-22-18-14-10-6-2)63-51-33-29-31-47-49(35-37-53(65-61)55(47)51)57-59(67)58(60(57)68)50-36-38-54-56-48(50)32-30-34-52(56)64-62(66-54,45-79-83(73,74)41-27-23-19-15-11-7-3)46-80-84(75,76)42-28-24-20-16-12-8-4/h29-38,57-60,63-68H,5-28,39-46H2,1-4H3. The van der Waals surface area contributed by atoms with E-state index in [2.05, 4.69) is 49.0 Å². The SMILES string of the molecule is CCCCCCCCS(=O)(=O)OCC1(COS(=O)(=O)CCCCCCCC)Nc2cccc3c(C4C(O)C(c5ccc6c7c(cccc57)NC(COS(=O)(=O)CCCCCCCC)(COS(=O)(=O)CCCCCCCC)N6)C4O)ccc(c23)N1. The maximum atomic E-state index is 13.4. The highest BCUT2D eigenvalue weighted by Gasteiger charge is 2.52. The zero-order valence-corrected chi connectivity index (χ0v) is 53.4. The van der Waals surface area contributed by atoms with E-state index in [0.29, 0.717) is 81.1 Å². The van der Waals surface area contributed by atoms with Gasteiger partial charge in [-0.05, 0) is 71.8 Å². The minimum absolute atomic E-state index is 0.184. The number of nitrogens with one attached hydrogen (secondary N) is 4. The van der Waals surface area contributed by atoms with Crippen LogP contribution in [0.1, 0.15) is 205 Å². The summed E-state index contributed by atoms with van der Waals surface area (Å²) in [4.78, 5) is 0. The molecule has 0 amide bonds. The molecule has 0 aromatic heterocycles. The van der Waals surface area contributed by atoms with E-state index in [-0.39, 0.29) is 23.0 Å². The van der Waals surface area contributed by atoms with Gasteiger partial charge in [-0.1, -0.05) is 193 Å². The first-order valence-electron chi connectivity index (χ1n) is 31.3. The van der Waals surface area contributed by atoms with E-state index in [4.69, 9.17) is 16.7 Å². The fraction of sp³-hybridized carbons (Fsp3) is 0.677. The van der Waals surface area contributed by atoms with Crippen LogP contribution in [-0.4, -0.2) is 117 Å². The van der Waals surface area contributed by atoms with Crippen molar-refractivity contribution in [1.82, 2.24) is 0 Å². The van der Waals surface area contributed by atoms with Crippen molar-refractivity contribution < 1.29 is 60.6 Å². The van der Waals surface area contributed by atoms with Crippen LogP contribution in [0.5, 0.6) is 0 Å². The Morgan fingerprint density at radius 2 is 0.607 bits per heavy atom. The number of hydrogen-bond acceptors (Lipinski definition) is 18. The molecule has 0 spiro atoms. The quantitative estimate of drug-likeness (QED) is 0.0178. The number of unbranched alkanes of at least 4 members (excludes halogenated alkanes) is 20. The molecule has 0 bridgehead atoms. The number of rotatable bonds is 42. The molecule has 6 N–H and O–H groups in total. The Bertz CT molecular complexity index is 2870. The lowest BCUT2D eigenvalue weighted by atomic mass is 9.62. The summed E-state index contributed by atoms with van der Waals surface area (Å²) in [5.41, 5.74) is 0.395. The lowest BCUT2D eigenvalue weighted by molar-refractivity contribution is -0.0775. The molecule has 0 radical (unpaired) electrons. The third kappa shape index (κ3) is 18.6. The topological polar surface area (TPSA) is 262 Å². The van der Waals surface area contributed by atoms with Crippen molar-refractivity contribution in [1.29, 1.82) is 0 Å². The first-order chi connectivity index (χ1) is 40.2. The van der Waals surface area contributed by atoms with E-state index in [0.717, 1.165) is 128 Å². The molecule has 2 aliphatic heterocycles. The van der Waals surface area contributed by atoms with Crippen molar-refractivity contribution in [2.75, 3.05) is 70.7 Å². The second-order valence-electron chi connectivity index (χ2n) is 23.7. The van der Waals surface area contributed by atoms with Crippen LogP contribution < -0.4 is 21.3 Å². The van der Waals surface area contributed by atoms with Crippen LogP contribution in [0.25, 0.3) is 21.5 Å². The van der Waals surface area contributed by atoms with E-state index in [9.17, 15) is 43.9 Å². The predicted octanol–water partition coefficient (Wildman–Crippen LogP) is 12.5. The molecule has 2 heterocycles. The van der Waals surface area contributed by atoms with Gasteiger partial charge in [0.2, 0.25) is 0 Å². The molecule has 3 aliphatic rings. The largest absolute Gasteiger partial charge is 0.392 e. The molecule has 4 aromatic rings. The van der Waals surface area contributed by atoms with Gasteiger partial charge in [-0.3, -0.25) is 16.7 Å². The summed E-state index contributed by atoms with van der Waals surface area (Å²) in [7, 11) is -16.1. The molecule has 1 saturated carbocycles. The minimum Gasteiger partial charge on any atom is -0.392 e. The Morgan fingerprint density at radius 3 is 0.881 bits per heavy atom. The predicted molar refractivity (Wildman–Crippen MR) is 338 cm³/mol. The summed E-state index contributed by atoms with van der Waals surface area (Å²) in [6.45, 7) is 6.54. The van der Waals surface area contributed by atoms with Gasteiger partial charge in [-0.25, -0.2) is 0 Å². The average Bonchev–Trinajstić information content (AvgIpc) is 1.87. The molecule has 4 aromatic carbocycles. The number of anilines is 4. The molecule has 0 saturated heterocycles. The average molecular weight is 1250 g/mol. The van der Waals surface area contributed by atoms with Gasteiger partial charge in [0.1, 0.15) is 26.4 Å². The van der Waals surface area contributed by atoms with Gasteiger partial charge in [-0.2, -0.15) is 33.7 Å². The highest BCUT2D eigenvalue weighted by Crippen LogP contribution is 2.54. The molecule has 0 unspecified atom stereocenters. The van der Waals surface area contributed by atoms with Crippen LogP contribution in [0.15, 0.2) is 60.7 Å². The molecule has 1 fully saturated rings. The molecule has 18 nitrogen and oxygen atoms in total. The fourth-order valence-corrected chi connectivity index (χ4v) is 16.2. The van der Waals surface area contributed by atoms with E-state index in [1.54, 1.807) is 48.5 Å². The molecule has 472 valence electrons. The molecular formula is C62H96N4O14S4. The van der Waals surface area contributed by atoms with Gasteiger partial charge in [-0.15, -0.1) is 0 Å². The van der Waals surface area contributed by atoms with Crippen LogP contribution in [-0.2, 0) is 57.2 Å². The monoisotopic (exact) mass is 1250 g/mol. The molecule has 22 heteroatoms. The maximum absolute atomic E-state index is 13.4. The van der Waals surface area contributed by atoms with Gasteiger partial charge < -0.3 is 31.5 Å². The van der Waals surface area contributed by atoms with Crippen LogP contribution >= 0.6 is 0 Å². The highest BCUT2D eigenvalue weighted by atomic mass is 32.2. The second kappa shape index (κ2) is 31.4. The van der Waals surface area contributed by atoms with Gasteiger partial charge in [0.15, 0.2) is 11.3 Å². The van der Waals surface area contributed by atoms with Crippen LogP contribution in [0.4, 0.5) is 22.7 Å². The van der Waals surface area contributed by atoms with Crippen molar-refractivity contribution in [2.24, 2.45) is 0 Å². The van der Waals surface area contributed by atoms with Gasteiger partial charge in [0, 0.05) is 45.4 Å². The van der Waals surface area contributed by atoms with Crippen molar-refractivity contribution >= 4 is 84.8 Å². The summed E-state index contributed by atoms with van der Waals surface area (Å²) in [6, 6.07) is 18.1. The lowest BCUT2D eigenvalue weighted by Gasteiger charge is -2.48. The Balaban J connectivity index is 1.10. The second-order valence-corrected chi connectivity index (χ2v) is 30.8.